The van der Waals surface area contributed by atoms with Crippen LogP contribution in [0.2, 0.25) is 5.02 Å². The highest BCUT2D eigenvalue weighted by atomic mass is 35.5. The van der Waals surface area contributed by atoms with Gasteiger partial charge in [0.05, 0.1) is 79.5 Å². The molecule has 86 heavy (non-hydrogen) atoms. The Morgan fingerprint density at radius 3 is 1.83 bits per heavy atom. The zero-order valence-corrected chi connectivity index (χ0v) is 48.7. The van der Waals surface area contributed by atoms with Crippen molar-refractivity contribution in [2.75, 3.05) is 44.4 Å². The van der Waals surface area contributed by atoms with E-state index in [4.69, 9.17) is 39.9 Å². The summed E-state index contributed by atoms with van der Waals surface area (Å²) in [5.74, 6) is 2.81. The molecule has 12 aromatic rings. The first-order chi connectivity index (χ1) is 41.6. The van der Waals surface area contributed by atoms with Gasteiger partial charge in [-0.15, -0.1) is 0 Å². The molecule has 23 nitrogen and oxygen atoms in total. The molecule has 1 amide bonds. The number of anilines is 5. The van der Waals surface area contributed by atoms with Crippen LogP contribution >= 0.6 is 11.6 Å². The minimum atomic E-state index is -0.468. The molecule has 0 radical (unpaired) electrons. The number of H-pyrrole nitrogens is 2. The number of aromatic amines is 2. The number of nitrogens with zero attached hydrogens (tertiary/aromatic N) is 10. The van der Waals surface area contributed by atoms with Gasteiger partial charge >= 0.3 is 7.12 Å². The molecule has 1 saturated heterocycles. The average Bonchev–Trinajstić information content (AvgIpc) is 4.41. The van der Waals surface area contributed by atoms with E-state index in [1.54, 1.807) is 78.2 Å². The summed E-state index contributed by atoms with van der Waals surface area (Å²) < 4.78 is 36.4. The topological polar surface area (TPSA) is 269 Å². The molecule has 5 N–H and O–H groups in total. The fourth-order valence-electron chi connectivity index (χ4n) is 9.33. The zero-order valence-electron chi connectivity index (χ0n) is 47.9. The van der Waals surface area contributed by atoms with Crippen molar-refractivity contribution < 1.29 is 37.8 Å². The fraction of sp³-hybridized carbons (Fsp3) is 0.180. The molecule has 13 rings (SSSR count). The third kappa shape index (κ3) is 12.4. The number of ether oxygens (including phenoxy) is 4. The number of amides is 1. The standard InChI is InChI=1S/C27H22N8O3.C21H23BN2O3.C13H12ClN5O2/c1-37-23-8-9-24(33-27(23)38-2)32-22-12-19(14-35-25(22)28-15-30-35)16-4-3-5-17(10-16)26(36)31-20-6-7-21-18(11-20)13-29-34-21;1-20(2)21(3,4)27-22(26-20)17-7-5-6-15(12-17)19(25)11-14-8-9-18-16(10-14)13-23-24-18;1-20-10-3-4-11(18-13(10)21-2)17-9-5-8(14)6-19-12(9)15-7-16-19/h3-15H,1-2H3,(H,29,34)(H,31,36)(H,32,33);5-10,12-13H,11H2,1-4H3,(H,23,24);3-7H,1-2H3,(H,17,18). The predicted molar refractivity (Wildman–Crippen MR) is 328 cm³/mol. The molecule has 434 valence electrons. The van der Waals surface area contributed by atoms with Crippen molar-refractivity contribution in [3.8, 4) is 34.4 Å². The van der Waals surface area contributed by atoms with E-state index >= 15 is 0 Å². The number of aromatic nitrogens is 12. The second-order valence-corrected chi connectivity index (χ2v) is 21.1. The third-order valence-electron chi connectivity index (χ3n) is 14.5. The minimum absolute atomic E-state index is 0.0659. The molecule has 0 unspecified atom stereocenters. The van der Waals surface area contributed by atoms with Gasteiger partial charge < -0.3 is 44.2 Å². The lowest BCUT2D eigenvalue weighted by Crippen LogP contribution is -2.41. The zero-order chi connectivity index (χ0) is 60.1. The van der Waals surface area contributed by atoms with Gasteiger partial charge in [0, 0.05) is 52.0 Å². The van der Waals surface area contributed by atoms with E-state index in [-0.39, 0.29) is 11.7 Å². The number of pyridine rings is 4. The SMILES string of the molecule is CC1(C)OB(c2cccc(C(=O)Cc3ccc4[nH]ncc4c3)c2)OC1(C)C.COc1ccc(Nc2cc(-c3cccc(C(=O)Nc4ccc5[nH]ncc5c4)c3)cn3ncnc23)nc1OC.COc1ccc(Nc2cc(Cl)cn3ncnc23)nc1OC. The number of nitrogens with one attached hydrogen (secondary N) is 5. The Hall–Kier alpha value is -10.4. The number of carbonyl (C=O) groups excluding carboxylic acids is 2. The van der Waals surface area contributed by atoms with Crippen molar-refractivity contribution in [3.63, 3.8) is 0 Å². The van der Waals surface area contributed by atoms with Gasteiger partial charge in [-0.3, -0.25) is 19.8 Å². The number of fused-ring (bicyclic) bond motifs is 4. The van der Waals surface area contributed by atoms with Crippen LogP contribution in [0.5, 0.6) is 23.3 Å². The van der Waals surface area contributed by atoms with Crippen LogP contribution in [0.3, 0.4) is 0 Å². The predicted octanol–water partition coefficient (Wildman–Crippen LogP) is 10.5. The first-order valence-electron chi connectivity index (χ1n) is 26.9. The van der Waals surface area contributed by atoms with E-state index in [9.17, 15) is 9.59 Å². The Bertz CT molecular complexity index is 4430. The monoisotopic (exact) mass is 1170 g/mol. The van der Waals surface area contributed by atoms with Crippen molar-refractivity contribution in [1.29, 1.82) is 0 Å². The van der Waals surface area contributed by atoms with Crippen LogP contribution in [-0.4, -0.2) is 118 Å². The highest BCUT2D eigenvalue weighted by molar-refractivity contribution is 6.62. The van der Waals surface area contributed by atoms with Crippen molar-refractivity contribution >= 4 is 97.7 Å². The van der Waals surface area contributed by atoms with E-state index in [0.29, 0.717) is 85.8 Å². The van der Waals surface area contributed by atoms with Gasteiger partial charge in [-0.2, -0.15) is 30.4 Å². The summed E-state index contributed by atoms with van der Waals surface area (Å²) >= 11 is 6.06. The summed E-state index contributed by atoms with van der Waals surface area (Å²) in [6, 6.07) is 37.2. The molecule has 1 aliphatic heterocycles. The average molecular weight is 1170 g/mol. The lowest BCUT2D eigenvalue weighted by molar-refractivity contribution is 0.00578. The molecule has 8 aromatic heterocycles. The normalized spacial score (nSPS) is 13.2. The highest BCUT2D eigenvalue weighted by Crippen LogP contribution is 2.37. The number of methoxy groups -OCH3 is 4. The van der Waals surface area contributed by atoms with E-state index in [1.165, 1.54) is 26.9 Å². The largest absolute Gasteiger partial charge is 0.494 e. The maximum Gasteiger partial charge on any atom is 0.494 e. The van der Waals surface area contributed by atoms with Gasteiger partial charge in [0.2, 0.25) is 0 Å². The molecule has 0 atom stereocenters. The van der Waals surface area contributed by atoms with Crippen LogP contribution in [-0.2, 0) is 15.7 Å². The maximum absolute atomic E-state index is 13.1. The number of halogens is 1. The number of Topliss-reactive ketones (excluding diaryl/α,β-unsaturated/α-hetero) is 1. The van der Waals surface area contributed by atoms with Crippen LogP contribution in [0.1, 0.15) is 54.0 Å². The lowest BCUT2D eigenvalue weighted by Gasteiger charge is -2.32. The summed E-state index contributed by atoms with van der Waals surface area (Å²) in [4.78, 5) is 43.2. The van der Waals surface area contributed by atoms with Crippen molar-refractivity contribution in [2.24, 2.45) is 0 Å². The second-order valence-electron chi connectivity index (χ2n) is 20.6. The van der Waals surface area contributed by atoms with Crippen LogP contribution < -0.4 is 40.4 Å². The summed E-state index contributed by atoms with van der Waals surface area (Å²) in [5.41, 5.74) is 9.08. The van der Waals surface area contributed by atoms with Gasteiger partial charge in [0.15, 0.2) is 28.6 Å². The van der Waals surface area contributed by atoms with E-state index < -0.39 is 18.3 Å². The number of hydrogen-bond acceptors (Lipinski definition) is 18. The Balaban J connectivity index is 0.000000141. The first kappa shape index (κ1) is 57.4. The Kier molecular flexibility index (Phi) is 16.3. The smallest absolute Gasteiger partial charge is 0.491 e. The van der Waals surface area contributed by atoms with Crippen LogP contribution in [0.25, 0.3) is 44.2 Å². The molecule has 0 bridgehead atoms. The van der Waals surface area contributed by atoms with Crippen LogP contribution in [0.15, 0.2) is 159 Å². The molecule has 0 aliphatic carbocycles. The second kappa shape index (κ2) is 24.4. The molecular weight excluding hydrogens is 1120 g/mol. The van der Waals surface area contributed by atoms with Gasteiger partial charge in [0.1, 0.15) is 24.3 Å². The number of benzene rings is 4. The van der Waals surface area contributed by atoms with Crippen molar-refractivity contribution in [1.82, 2.24) is 59.6 Å². The van der Waals surface area contributed by atoms with Gasteiger partial charge in [0.25, 0.3) is 17.7 Å². The van der Waals surface area contributed by atoms with Crippen molar-refractivity contribution in [2.45, 2.75) is 45.3 Å². The molecule has 25 heteroatoms. The molecule has 0 saturated carbocycles. The van der Waals surface area contributed by atoms with Crippen molar-refractivity contribution in [3.05, 3.63) is 180 Å². The molecule has 4 aromatic carbocycles. The number of ketones is 1. The Morgan fingerprint density at radius 1 is 0.616 bits per heavy atom. The molecule has 9 heterocycles. The summed E-state index contributed by atoms with van der Waals surface area (Å²) in [6.07, 6.45) is 10.3. The van der Waals surface area contributed by atoms with Gasteiger partial charge in [-0.05, 0) is 123 Å². The third-order valence-corrected chi connectivity index (χ3v) is 14.7. The fourth-order valence-corrected chi connectivity index (χ4v) is 9.53. The molecular formula is C61H57BClN15O8. The number of hydrogen-bond donors (Lipinski definition) is 5. The van der Waals surface area contributed by atoms with E-state index in [1.807, 2.05) is 119 Å². The van der Waals surface area contributed by atoms with Crippen LogP contribution in [0.4, 0.5) is 28.7 Å². The van der Waals surface area contributed by atoms with E-state index in [2.05, 4.69) is 66.5 Å². The Labute approximate surface area is 497 Å². The summed E-state index contributed by atoms with van der Waals surface area (Å²) in [7, 11) is 5.71. The van der Waals surface area contributed by atoms with Crippen LogP contribution in [0, 0.1) is 0 Å². The highest BCUT2D eigenvalue weighted by Gasteiger charge is 2.51. The quantitative estimate of drug-likeness (QED) is 0.0472. The summed E-state index contributed by atoms with van der Waals surface area (Å²) in [6.45, 7) is 8.09. The molecule has 1 fully saturated rings. The first-order valence-corrected chi connectivity index (χ1v) is 27.3. The van der Waals surface area contributed by atoms with Gasteiger partial charge in [-0.25, -0.2) is 19.0 Å². The van der Waals surface area contributed by atoms with Gasteiger partial charge in [-0.1, -0.05) is 54.1 Å². The Morgan fingerprint density at radius 2 is 1.20 bits per heavy atom. The summed E-state index contributed by atoms with van der Waals surface area (Å²) in [5, 5.41) is 34.1. The van der Waals surface area contributed by atoms with E-state index in [0.717, 1.165) is 44.0 Å². The minimum Gasteiger partial charge on any atom is -0.491 e. The number of carbonyl (C=O) groups is 2. The molecule has 1 aliphatic rings. The number of rotatable bonds is 15. The maximum atomic E-state index is 13.1. The lowest BCUT2D eigenvalue weighted by atomic mass is 9.78. The molecule has 0 spiro atoms.